The number of piperazine rings is 1. The Hall–Kier alpha value is -2.67. The van der Waals surface area contributed by atoms with E-state index in [1.165, 1.54) is 5.69 Å². The van der Waals surface area contributed by atoms with Crippen LogP contribution in [-0.4, -0.2) is 64.8 Å². The molecule has 0 spiro atoms. The summed E-state index contributed by atoms with van der Waals surface area (Å²) in [5.41, 5.74) is 2.25. The van der Waals surface area contributed by atoms with Crippen molar-refractivity contribution in [2.45, 2.75) is 13.5 Å². The van der Waals surface area contributed by atoms with Gasteiger partial charge in [-0.05, 0) is 19.1 Å². The number of para-hydroxylation sites is 1. The molecule has 26 heavy (non-hydrogen) atoms. The van der Waals surface area contributed by atoms with Crippen LogP contribution in [0.5, 0.6) is 0 Å². The molecule has 7 heteroatoms. The zero-order valence-electron chi connectivity index (χ0n) is 15.6. The molecule has 0 amide bonds. The van der Waals surface area contributed by atoms with Gasteiger partial charge < -0.3 is 9.80 Å². The van der Waals surface area contributed by atoms with Crippen molar-refractivity contribution in [1.29, 1.82) is 0 Å². The van der Waals surface area contributed by atoms with Gasteiger partial charge in [-0.3, -0.25) is 4.90 Å². The summed E-state index contributed by atoms with van der Waals surface area (Å²) >= 11 is 0. The zero-order chi connectivity index (χ0) is 18.1. The number of rotatable bonds is 4. The topological polar surface area (TPSA) is 52.8 Å². The lowest BCUT2D eigenvalue weighted by atomic mass is 10.2. The molecule has 3 aromatic rings. The van der Waals surface area contributed by atoms with Gasteiger partial charge in [0.15, 0.2) is 5.82 Å². The molecule has 0 saturated carbocycles. The third-order valence-electron chi connectivity index (χ3n) is 4.78. The normalized spacial score (nSPS) is 15.6. The van der Waals surface area contributed by atoms with E-state index in [9.17, 15) is 0 Å². The van der Waals surface area contributed by atoms with E-state index in [1.54, 1.807) is 0 Å². The van der Waals surface area contributed by atoms with Crippen molar-refractivity contribution in [3.63, 3.8) is 0 Å². The van der Waals surface area contributed by atoms with Gasteiger partial charge in [0.25, 0.3) is 5.78 Å². The quantitative estimate of drug-likeness (QED) is 0.715. The van der Waals surface area contributed by atoms with Crippen molar-refractivity contribution < 1.29 is 0 Å². The Morgan fingerprint density at radius 3 is 2.42 bits per heavy atom. The van der Waals surface area contributed by atoms with E-state index in [0.717, 1.165) is 50.1 Å². The number of aryl methyl sites for hydroxylation is 1. The van der Waals surface area contributed by atoms with Crippen molar-refractivity contribution in [2.24, 2.45) is 0 Å². The molecule has 1 fully saturated rings. The second-order valence-corrected chi connectivity index (χ2v) is 6.99. The van der Waals surface area contributed by atoms with Crippen molar-refractivity contribution >= 4 is 17.3 Å². The number of fused-ring (bicyclic) bond motifs is 1. The maximum atomic E-state index is 4.69. The highest BCUT2D eigenvalue weighted by Crippen LogP contribution is 2.17. The van der Waals surface area contributed by atoms with Gasteiger partial charge in [0, 0.05) is 57.7 Å². The smallest absolute Gasteiger partial charge is 0.254 e. The van der Waals surface area contributed by atoms with Gasteiger partial charge in [-0.25, -0.2) is 4.98 Å². The molecule has 7 nitrogen and oxygen atoms in total. The number of aromatic nitrogens is 4. The highest BCUT2D eigenvalue weighted by Gasteiger charge is 2.19. The number of benzene rings is 1. The summed E-state index contributed by atoms with van der Waals surface area (Å²) in [6.45, 7) is 6.83. The Kier molecular flexibility index (Phi) is 4.46. The van der Waals surface area contributed by atoms with Gasteiger partial charge in [-0.1, -0.05) is 18.2 Å². The standard InChI is InChI=1S/C19H25N7/c1-15-13-18(23(2)3)26-19(20-15)21-17(22-26)14-24-9-11-25(12-10-24)16-7-5-4-6-8-16/h4-8,13H,9-12,14H2,1-3H3. The van der Waals surface area contributed by atoms with Crippen molar-refractivity contribution in [1.82, 2.24) is 24.5 Å². The fourth-order valence-electron chi connectivity index (χ4n) is 3.40. The number of nitrogens with zero attached hydrogens (tertiary/aromatic N) is 7. The van der Waals surface area contributed by atoms with Gasteiger partial charge in [-0.15, -0.1) is 5.10 Å². The summed E-state index contributed by atoms with van der Waals surface area (Å²) in [5, 5.41) is 4.69. The SMILES string of the molecule is Cc1cc(N(C)C)n2nc(CN3CCN(c4ccccc4)CC3)nc2n1. The molecular weight excluding hydrogens is 326 g/mol. The fraction of sp³-hybridized carbons (Fsp3) is 0.421. The molecule has 0 aliphatic carbocycles. The van der Waals surface area contributed by atoms with Crippen molar-refractivity contribution in [3.8, 4) is 0 Å². The first-order chi connectivity index (χ1) is 12.6. The second kappa shape index (κ2) is 6.92. The minimum Gasteiger partial charge on any atom is -0.369 e. The van der Waals surface area contributed by atoms with E-state index in [-0.39, 0.29) is 0 Å². The van der Waals surface area contributed by atoms with Crippen LogP contribution in [-0.2, 0) is 6.54 Å². The third kappa shape index (κ3) is 3.35. The van der Waals surface area contributed by atoms with E-state index >= 15 is 0 Å². The highest BCUT2D eigenvalue weighted by molar-refractivity contribution is 5.47. The molecule has 3 heterocycles. The van der Waals surface area contributed by atoms with Crippen LogP contribution < -0.4 is 9.80 Å². The molecule has 0 atom stereocenters. The van der Waals surface area contributed by atoms with E-state index in [0.29, 0.717) is 5.78 Å². The molecule has 1 aliphatic rings. The number of anilines is 2. The van der Waals surface area contributed by atoms with E-state index < -0.39 is 0 Å². The monoisotopic (exact) mass is 351 g/mol. The Morgan fingerprint density at radius 1 is 1.00 bits per heavy atom. The van der Waals surface area contributed by atoms with Crippen molar-refractivity contribution in [2.75, 3.05) is 50.1 Å². The molecule has 4 rings (SSSR count). The van der Waals surface area contributed by atoms with Crippen LogP contribution in [0.3, 0.4) is 0 Å². The number of hydrogen-bond donors (Lipinski definition) is 0. The molecule has 0 N–H and O–H groups in total. The lowest BCUT2D eigenvalue weighted by Crippen LogP contribution is -2.46. The molecule has 1 aliphatic heterocycles. The summed E-state index contributed by atoms with van der Waals surface area (Å²) in [4.78, 5) is 16.1. The van der Waals surface area contributed by atoms with Crippen LogP contribution in [0, 0.1) is 6.92 Å². The number of hydrogen-bond acceptors (Lipinski definition) is 6. The van der Waals surface area contributed by atoms with Crippen LogP contribution in [0.2, 0.25) is 0 Å². The molecule has 0 bridgehead atoms. The zero-order valence-corrected chi connectivity index (χ0v) is 15.6. The average molecular weight is 351 g/mol. The maximum absolute atomic E-state index is 4.69. The summed E-state index contributed by atoms with van der Waals surface area (Å²) in [6, 6.07) is 12.6. The van der Waals surface area contributed by atoms with Gasteiger partial charge in [0.2, 0.25) is 0 Å². The van der Waals surface area contributed by atoms with Gasteiger partial charge in [0.05, 0.1) is 6.54 Å². The molecular formula is C19H25N7. The van der Waals surface area contributed by atoms with Crippen molar-refractivity contribution in [3.05, 3.63) is 47.9 Å². The minimum absolute atomic E-state index is 0.673. The van der Waals surface area contributed by atoms with Gasteiger partial charge >= 0.3 is 0 Å². The Bertz CT molecular complexity index is 880. The molecule has 1 saturated heterocycles. The molecule has 2 aromatic heterocycles. The van der Waals surface area contributed by atoms with Crippen LogP contribution in [0.4, 0.5) is 11.5 Å². The Labute approximate surface area is 153 Å². The van der Waals surface area contributed by atoms with Gasteiger partial charge in [-0.2, -0.15) is 9.50 Å². The largest absolute Gasteiger partial charge is 0.369 e. The first-order valence-electron chi connectivity index (χ1n) is 9.03. The minimum atomic E-state index is 0.673. The first kappa shape index (κ1) is 16.8. The summed E-state index contributed by atoms with van der Waals surface area (Å²) in [7, 11) is 4.02. The lowest BCUT2D eigenvalue weighted by Gasteiger charge is -2.35. The average Bonchev–Trinajstić information content (AvgIpc) is 3.04. The Balaban J connectivity index is 1.46. The van der Waals surface area contributed by atoms with Gasteiger partial charge in [0.1, 0.15) is 5.82 Å². The van der Waals surface area contributed by atoms with Crippen LogP contribution in [0.1, 0.15) is 11.5 Å². The maximum Gasteiger partial charge on any atom is 0.254 e. The summed E-state index contributed by atoms with van der Waals surface area (Å²) in [6.07, 6.45) is 0. The van der Waals surface area contributed by atoms with Crippen LogP contribution in [0.25, 0.3) is 5.78 Å². The van der Waals surface area contributed by atoms with E-state index in [1.807, 2.05) is 36.5 Å². The second-order valence-electron chi connectivity index (χ2n) is 6.99. The van der Waals surface area contributed by atoms with Crippen LogP contribution >= 0.6 is 0 Å². The highest BCUT2D eigenvalue weighted by atomic mass is 15.4. The predicted octanol–water partition coefficient (Wildman–Crippen LogP) is 1.82. The lowest BCUT2D eigenvalue weighted by molar-refractivity contribution is 0.244. The predicted molar refractivity (Wildman–Crippen MR) is 104 cm³/mol. The summed E-state index contributed by atoms with van der Waals surface area (Å²) in [5.74, 6) is 2.51. The molecule has 136 valence electrons. The first-order valence-corrected chi connectivity index (χ1v) is 9.03. The van der Waals surface area contributed by atoms with Crippen LogP contribution in [0.15, 0.2) is 36.4 Å². The molecule has 0 radical (unpaired) electrons. The third-order valence-corrected chi connectivity index (χ3v) is 4.78. The summed E-state index contributed by atoms with van der Waals surface area (Å²) < 4.78 is 1.84. The fourth-order valence-corrected chi connectivity index (χ4v) is 3.40. The Morgan fingerprint density at radius 2 is 1.73 bits per heavy atom. The molecule has 0 unspecified atom stereocenters. The molecule has 1 aromatic carbocycles. The van der Waals surface area contributed by atoms with E-state index in [2.05, 4.69) is 50.1 Å². The van der Waals surface area contributed by atoms with E-state index in [4.69, 9.17) is 5.10 Å².